The maximum absolute atomic E-state index is 11.5. The Bertz CT molecular complexity index is 1210. The van der Waals surface area contributed by atoms with E-state index in [1.807, 2.05) is 30.5 Å². The van der Waals surface area contributed by atoms with Crippen LogP contribution in [0.5, 0.6) is 0 Å². The van der Waals surface area contributed by atoms with Gasteiger partial charge in [-0.05, 0) is 81.4 Å². The zero-order valence-corrected chi connectivity index (χ0v) is 22.1. The van der Waals surface area contributed by atoms with Crippen molar-refractivity contribution in [3.8, 4) is 0 Å². The standard InChI is InChI=1S/C28H36ClN5O2/c1-19(35)6-7-20-8-10-23(11-9-20)34-26-24(32-27(34)31-22-5-3-4-21(29)16-22)18-30-25(33-26)17-28(2)12-14-36-15-13-28/h3-5,16,18,20,23H,6-15,17H2,1-2H3,(H,31,32). The van der Waals surface area contributed by atoms with Gasteiger partial charge < -0.3 is 14.8 Å². The minimum atomic E-state index is 0.160. The third-order valence-electron chi connectivity index (χ3n) is 7.93. The zero-order chi connectivity index (χ0) is 25.1. The first-order valence-corrected chi connectivity index (χ1v) is 13.6. The van der Waals surface area contributed by atoms with Crippen LogP contribution in [0.2, 0.25) is 5.02 Å². The molecule has 192 valence electrons. The fourth-order valence-electron chi connectivity index (χ4n) is 5.66. The van der Waals surface area contributed by atoms with Gasteiger partial charge in [0.2, 0.25) is 5.95 Å². The lowest BCUT2D eigenvalue weighted by Gasteiger charge is -2.33. The van der Waals surface area contributed by atoms with Crippen LogP contribution in [0.1, 0.15) is 77.1 Å². The number of fused-ring (bicyclic) bond motifs is 1. The third-order valence-corrected chi connectivity index (χ3v) is 8.17. The molecule has 1 aromatic carbocycles. The molecule has 0 unspecified atom stereocenters. The van der Waals surface area contributed by atoms with Crippen molar-refractivity contribution in [1.82, 2.24) is 19.5 Å². The Balaban J connectivity index is 1.45. The van der Waals surface area contributed by atoms with Crippen molar-refractivity contribution in [1.29, 1.82) is 0 Å². The second-order valence-corrected chi connectivity index (χ2v) is 11.4. The van der Waals surface area contributed by atoms with Gasteiger partial charge in [-0.15, -0.1) is 0 Å². The number of carbonyl (C=O) groups excluding carboxylic acids is 1. The number of ketones is 1. The summed E-state index contributed by atoms with van der Waals surface area (Å²) in [5, 5.41) is 4.18. The number of anilines is 2. The largest absolute Gasteiger partial charge is 0.381 e. The number of ether oxygens (including phenoxy) is 1. The molecule has 1 aliphatic carbocycles. The van der Waals surface area contributed by atoms with Gasteiger partial charge in [0.25, 0.3) is 0 Å². The van der Waals surface area contributed by atoms with Crippen LogP contribution >= 0.6 is 11.6 Å². The second-order valence-electron chi connectivity index (χ2n) is 11.0. The maximum Gasteiger partial charge on any atom is 0.209 e. The van der Waals surface area contributed by atoms with E-state index in [9.17, 15) is 4.79 Å². The molecule has 1 N–H and O–H groups in total. The van der Waals surface area contributed by atoms with Gasteiger partial charge in [0, 0.05) is 42.8 Å². The highest BCUT2D eigenvalue weighted by Gasteiger charge is 2.30. The lowest BCUT2D eigenvalue weighted by molar-refractivity contribution is -0.117. The molecule has 1 saturated carbocycles. The summed E-state index contributed by atoms with van der Waals surface area (Å²) in [5.74, 6) is 2.55. The van der Waals surface area contributed by atoms with E-state index in [4.69, 9.17) is 31.3 Å². The van der Waals surface area contributed by atoms with E-state index < -0.39 is 0 Å². The Morgan fingerprint density at radius 1 is 1.19 bits per heavy atom. The summed E-state index contributed by atoms with van der Waals surface area (Å²) < 4.78 is 7.87. The average Bonchev–Trinajstić information content (AvgIpc) is 3.20. The van der Waals surface area contributed by atoms with Crippen molar-refractivity contribution in [2.75, 3.05) is 18.5 Å². The number of nitrogens with zero attached hydrogens (tertiary/aromatic N) is 4. The van der Waals surface area contributed by atoms with Gasteiger partial charge in [0.1, 0.15) is 17.1 Å². The first-order chi connectivity index (χ1) is 17.4. The molecule has 5 rings (SSSR count). The summed E-state index contributed by atoms with van der Waals surface area (Å²) in [5.41, 5.74) is 2.76. The van der Waals surface area contributed by atoms with E-state index in [2.05, 4.69) is 16.8 Å². The molecule has 0 amide bonds. The lowest BCUT2D eigenvalue weighted by atomic mass is 9.79. The molecular formula is C28H36ClN5O2. The Kier molecular flexibility index (Phi) is 7.58. The van der Waals surface area contributed by atoms with Gasteiger partial charge >= 0.3 is 0 Å². The smallest absolute Gasteiger partial charge is 0.209 e. The second kappa shape index (κ2) is 10.9. The van der Waals surface area contributed by atoms with Crippen molar-refractivity contribution in [2.24, 2.45) is 11.3 Å². The van der Waals surface area contributed by atoms with Crippen molar-refractivity contribution in [3.63, 3.8) is 0 Å². The molecule has 0 radical (unpaired) electrons. The Morgan fingerprint density at radius 2 is 1.97 bits per heavy atom. The minimum Gasteiger partial charge on any atom is -0.381 e. The molecule has 2 aromatic heterocycles. The summed E-state index contributed by atoms with van der Waals surface area (Å²) in [6.07, 6.45) is 10.8. The van der Waals surface area contributed by atoms with Gasteiger partial charge in [0.15, 0.2) is 5.65 Å². The number of carbonyl (C=O) groups is 1. The molecule has 7 nitrogen and oxygen atoms in total. The fraction of sp³-hybridized carbons (Fsp3) is 0.571. The summed E-state index contributed by atoms with van der Waals surface area (Å²) in [6.45, 7) is 5.61. The molecule has 8 heteroatoms. The highest BCUT2D eigenvalue weighted by atomic mass is 35.5. The molecule has 0 atom stereocenters. The summed E-state index contributed by atoms with van der Waals surface area (Å²) >= 11 is 6.25. The van der Waals surface area contributed by atoms with Crippen molar-refractivity contribution in [2.45, 2.75) is 77.7 Å². The van der Waals surface area contributed by atoms with Gasteiger partial charge in [0.05, 0.1) is 6.20 Å². The molecule has 1 saturated heterocycles. The van der Waals surface area contributed by atoms with Crippen LogP contribution in [0.4, 0.5) is 11.6 Å². The van der Waals surface area contributed by atoms with Gasteiger partial charge in [-0.1, -0.05) is 24.6 Å². The normalized spacial score (nSPS) is 22.0. The minimum absolute atomic E-state index is 0.160. The van der Waals surface area contributed by atoms with E-state index in [0.29, 0.717) is 23.4 Å². The highest BCUT2D eigenvalue weighted by Crippen LogP contribution is 2.39. The lowest BCUT2D eigenvalue weighted by Crippen LogP contribution is -2.29. The number of hydrogen-bond donors (Lipinski definition) is 1. The molecular weight excluding hydrogens is 474 g/mol. The van der Waals surface area contributed by atoms with Crippen LogP contribution in [0, 0.1) is 11.3 Å². The SMILES string of the molecule is CC(=O)CCC1CCC(n2c(Nc3cccc(Cl)c3)nc3cnc(CC4(C)CCOCC4)nc32)CC1. The number of Topliss-reactive ketones (excluding diaryl/α,β-unsaturated/α-hetero) is 1. The van der Waals surface area contributed by atoms with Gasteiger partial charge in [-0.2, -0.15) is 0 Å². The Hall–Kier alpha value is -2.51. The van der Waals surface area contributed by atoms with Crippen molar-refractivity contribution in [3.05, 3.63) is 41.3 Å². The number of imidazole rings is 1. The zero-order valence-electron chi connectivity index (χ0n) is 21.3. The Morgan fingerprint density at radius 3 is 2.69 bits per heavy atom. The number of benzene rings is 1. The molecule has 2 fully saturated rings. The first-order valence-electron chi connectivity index (χ1n) is 13.2. The number of halogens is 1. The first kappa shape index (κ1) is 25.2. The van der Waals surface area contributed by atoms with Crippen molar-refractivity contribution < 1.29 is 9.53 Å². The van der Waals surface area contributed by atoms with Crippen LogP contribution in [0.15, 0.2) is 30.5 Å². The van der Waals surface area contributed by atoms with Crippen LogP contribution < -0.4 is 5.32 Å². The van der Waals surface area contributed by atoms with E-state index in [-0.39, 0.29) is 11.2 Å². The van der Waals surface area contributed by atoms with Crippen molar-refractivity contribution >= 4 is 40.2 Å². The van der Waals surface area contributed by atoms with E-state index in [1.54, 1.807) is 6.92 Å². The number of rotatable bonds is 8. The van der Waals surface area contributed by atoms with Crippen LogP contribution in [0.25, 0.3) is 11.2 Å². The number of aromatic nitrogens is 4. The van der Waals surface area contributed by atoms with E-state index in [1.165, 1.54) is 0 Å². The van der Waals surface area contributed by atoms with E-state index in [0.717, 1.165) is 93.2 Å². The molecule has 3 aromatic rings. The summed E-state index contributed by atoms with van der Waals surface area (Å²) in [7, 11) is 0. The number of nitrogens with one attached hydrogen (secondary N) is 1. The quantitative estimate of drug-likeness (QED) is 0.364. The predicted octanol–water partition coefficient (Wildman–Crippen LogP) is 6.68. The van der Waals surface area contributed by atoms with Crippen LogP contribution in [-0.4, -0.2) is 38.5 Å². The molecule has 2 aliphatic rings. The molecule has 36 heavy (non-hydrogen) atoms. The third kappa shape index (κ3) is 5.89. The summed E-state index contributed by atoms with van der Waals surface area (Å²) in [4.78, 5) is 26.2. The maximum atomic E-state index is 11.5. The predicted molar refractivity (Wildman–Crippen MR) is 143 cm³/mol. The van der Waals surface area contributed by atoms with E-state index >= 15 is 0 Å². The summed E-state index contributed by atoms with van der Waals surface area (Å²) in [6, 6.07) is 8.01. The topological polar surface area (TPSA) is 81.9 Å². The molecule has 1 aliphatic heterocycles. The number of hydrogen-bond acceptors (Lipinski definition) is 6. The Labute approximate surface area is 218 Å². The average molecular weight is 510 g/mol. The van der Waals surface area contributed by atoms with Crippen LogP contribution in [0.3, 0.4) is 0 Å². The van der Waals surface area contributed by atoms with Crippen LogP contribution in [-0.2, 0) is 16.0 Å². The van der Waals surface area contributed by atoms with Gasteiger partial charge in [-0.25, -0.2) is 15.0 Å². The molecule has 0 bridgehead atoms. The van der Waals surface area contributed by atoms with Gasteiger partial charge in [-0.3, -0.25) is 4.57 Å². The fourth-order valence-corrected chi connectivity index (χ4v) is 5.85. The molecule has 3 heterocycles. The monoisotopic (exact) mass is 509 g/mol. The molecule has 0 spiro atoms. The highest BCUT2D eigenvalue weighted by molar-refractivity contribution is 6.30.